The minimum atomic E-state index is 0.812. The first kappa shape index (κ1) is 14.6. The predicted molar refractivity (Wildman–Crippen MR) is 102 cm³/mol. The van der Waals surface area contributed by atoms with Crippen LogP contribution in [0.1, 0.15) is 5.56 Å². The molecule has 2 N–H and O–H groups in total. The van der Waals surface area contributed by atoms with Crippen molar-refractivity contribution in [1.82, 2.24) is 0 Å². The Morgan fingerprint density at radius 2 is 1.62 bits per heavy atom. The van der Waals surface area contributed by atoms with Crippen molar-refractivity contribution in [3.8, 4) is 0 Å². The molecule has 0 saturated carbocycles. The van der Waals surface area contributed by atoms with Gasteiger partial charge in [0.2, 0.25) is 0 Å². The number of nitrogens with one attached hydrogen (secondary N) is 2. The van der Waals surface area contributed by atoms with Gasteiger partial charge in [-0.25, -0.2) is 0 Å². The summed E-state index contributed by atoms with van der Waals surface area (Å²) in [6, 6.07) is 27.6. The van der Waals surface area contributed by atoms with Crippen LogP contribution in [0, 0.1) is 0 Å². The molecule has 0 bridgehead atoms. The summed E-state index contributed by atoms with van der Waals surface area (Å²) in [6.07, 6.45) is 1.03. The van der Waals surface area contributed by atoms with Crippen molar-refractivity contribution in [2.75, 3.05) is 28.7 Å². The van der Waals surface area contributed by atoms with E-state index in [9.17, 15) is 0 Å². The van der Waals surface area contributed by atoms with E-state index in [1.54, 1.807) is 0 Å². The second-order valence-electron chi connectivity index (χ2n) is 5.99. The monoisotopic (exact) mass is 315 g/mol. The van der Waals surface area contributed by atoms with E-state index in [-0.39, 0.29) is 0 Å². The number of hydrogen-bond donors (Lipinski definition) is 2. The molecule has 0 aromatic heterocycles. The van der Waals surface area contributed by atoms with E-state index in [1.165, 1.54) is 22.6 Å². The lowest BCUT2D eigenvalue weighted by Crippen LogP contribution is -2.15. The number of fused-ring (bicyclic) bond motifs is 1. The molecule has 4 rings (SSSR count). The minimum Gasteiger partial charge on any atom is -0.385 e. The van der Waals surface area contributed by atoms with Gasteiger partial charge in [0.15, 0.2) is 0 Å². The normalized spacial score (nSPS) is 12.6. The zero-order valence-electron chi connectivity index (χ0n) is 13.6. The van der Waals surface area contributed by atoms with Crippen LogP contribution < -0.4 is 15.5 Å². The number of nitrogens with zero attached hydrogens (tertiary/aromatic N) is 1. The Morgan fingerprint density at radius 1 is 0.875 bits per heavy atom. The maximum Gasteiger partial charge on any atom is 0.0926 e. The molecule has 24 heavy (non-hydrogen) atoms. The fourth-order valence-corrected chi connectivity index (χ4v) is 3.11. The van der Waals surface area contributed by atoms with Crippen molar-refractivity contribution < 1.29 is 0 Å². The van der Waals surface area contributed by atoms with Gasteiger partial charge in [-0.15, -0.1) is 0 Å². The van der Waals surface area contributed by atoms with Gasteiger partial charge < -0.3 is 15.5 Å². The summed E-state index contributed by atoms with van der Waals surface area (Å²) in [5.41, 5.74) is 6.15. The largest absolute Gasteiger partial charge is 0.385 e. The fraction of sp³-hybridized carbons (Fsp3) is 0.143. The highest BCUT2D eigenvalue weighted by Crippen LogP contribution is 2.38. The van der Waals surface area contributed by atoms with Crippen molar-refractivity contribution in [1.29, 1.82) is 0 Å². The third-order valence-corrected chi connectivity index (χ3v) is 4.37. The molecular formula is C21H21N3. The molecule has 1 aliphatic rings. The highest BCUT2D eigenvalue weighted by atomic mass is 15.3. The Balaban J connectivity index is 1.43. The first-order chi connectivity index (χ1) is 11.9. The van der Waals surface area contributed by atoms with E-state index in [0.717, 1.165) is 25.3 Å². The van der Waals surface area contributed by atoms with Crippen LogP contribution in [0.5, 0.6) is 0 Å². The molecule has 3 aromatic rings. The number of hydrogen-bond acceptors (Lipinski definition) is 3. The van der Waals surface area contributed by atoms with Gasteiger partial charge in [-0.1, -0.05) is 48.5 Å². The number of para-hydroxylation sites is 1. The first-order valence-electron chi connectivity index (χ1n) is 8.38. The third kappa shape index (κ3) is 3.06. The number of anilines is 4. The minimum absolute atomic E-state index is 0.812. The highest BCUT2D eigenvalue weighted by molar-refractivity contribution is 5.83. The van der Waals surface area contributed by atoms with E-state index in [0.29, 0.717) is 0 Å². The second-order valence-corrected chi connectivity index (χ2v) is 5.99. The van der Waals surface area contributed by atoms with Crippen LogP contribution in [0.15, 0.2) is 78.9 Å². The van der Waals surface area contributed by atoms with Crippen LogP contribution in [0.3, 0.4) is 0 Å². The summed E-state index contributed by atoms with van der Waals surface area (Å²) in [6.45, 7) is 1.75. The van der Waals surface area contributed by atoms with Crippen LogP contribution in [0.25, 0.3) is 0 Å². The van der Waals surface area contributed by atoms with Crippen molar-refractivity contribution in [3.05, 3.63) is 84.4 Å². The summed E-state index contributed by atoms with van der Waals surface area (Å²) < 4.78 is 0. The highest BCUT2D eigenvalue weighted by Gasteiger charge is 2.19. The molecule has 0 saturated heterocycles. The van der Waals surface area contributed by atoms with E-state index in [1.807, 2.05) is 6.07 Å². The van der Waals surface area contributed by atoms with Gasteiger partial charge in [0.05, 0.1) is 18.0 Å². The average molecular weight is 315 g/mol. The van der Waals surface area contributed by atoms with Crippen LogP contribution >= 0.6 is 0 Å². The van der Waals surface area contributed by atoms with E-state index in [2.05, 4.69) is 88.3 Å². The number of benzene rings is 3. The Hall–Kier alpha value is -2.94. The number of rotatable bonds is 5. The molecule has 0 atom stereocenters. The van der Waals surface area contributed by atoms with Crippen molar-refractivity contribution >= 4 is 22.7 Å². The lowest BCUT2D eigenvalue weighted by Gasteiger charge is -2.18. The first-order valence-corrected chi connectivity index (χ1v) is 8.38. The van der Waals surface area contributed by atoms with Crippen molar-refractivity contribution in [3.63, 3.8) is 0 Å². The summed E-state index contributed by atoms with van der Waals surface area (Å²) in [7, 11) is 0. The van der Waals surface area contributed by atoms with Crippen LogP contribution in [0.4, 0.5) is 22.7 Å². The quantitative estimate of drug-likeness (QED) is 0.704. The third-order valence-electron chi connectivity index (χ3n) is 4.37. The zero-order valence-corrected chi connectivity index (χ0v) is 13.6. The molecule has 1 heterocycles. The van der Waals surface area contributed by atoms with Crippen LogP contribution in [0.2, 0.25) is 0 Å². The molecule has 3 nitrogen and oxygen atoms in total. The Labute approximate surface area is 142 Å². The van der Waals surface area contributed by atoms with Gasteiger partial charge in [0.25, 0.3) is 0 Å². The maximum atomic E-state index is 3.52. The average Bonchev–Trinajstić information content (AvgIpc) is 3.07. The predicted octanol–water partition coefficient (Wildman–Crippen LogP) is 4.86. The Morgan fingerprint density at radius 3 is 2.42 bits per heavy atom. The SMILES string of the molecule is c1ccc(CCNc2ccc3c(c2)NCN3c2ccccc2)cc1. The molecule has 1 aliphatic heterocycles. The topological polar surface area (TPSA) is 27.3 Å². The van der Waals surface area contributed by atoms with Crippen molar-refractivity contribution in [2.45, 2.75) is 6.42 Å². The molecule has 0 spiro atoms. The van der Waals surface area contributed by atoms with E-state index < -0.39 is 0 Å². The second kappa shape index (κ2) is 6.67. The van der Waals surface area contributed by atoms with Gasteiger partial charge >= 0.3 is 0 Å². The van der Waals surface area contributed by atoms with Gasteiger partial charge in [0.1, 0.15) is 0 Å². The van der Waals surface area contributed by atoms with Gasteiger partial charge in [-0.3, -0.25) is 0 Å². The van der Waals surface area contributed by atoms with Crippen LogP contribution in [-0.4, -0.2) is 13.2 Å². The zero-order chi connectivity index (χ0) is 16.2. The standard InChI is InChI=1S/C21H21N3/c1-3-7-17(8-4-1)13-14-22-18-11-12-21-20(15-18)23-16-24(21)19-9-5-2-6-10-19/h1-12,15,22-23H,13-14,16H2. The molecule has 0 aliphatic carbocycles. The molecule has 0 radical (unpaired) electrons. The Kier molecular flexibility index (Phi) is 4.07. The van der Waals surface area contributed by atoms with E-state index in [4.69, 9.17) is 0 Å². The summed E-state index contributed by atoms with van der Waals surface area (Å²) in [5, 5.41) is 7.00. The molecule has 0 amide bonds. The molecular weight excluding hydrogens is 294 g/mol. The summed E-state index contributed by atoms with van der Waals surface area (Å²) in [5.74, 6) is 0. The molecule has 0 fully saturated rings. The van der Waals surface area contributed by atoms with Gasteiger partial charge in [-0.05, 0) is 42.3 Å². The Bertz CT molecular complexity index is 800. The molecule has 3 aromatic carbocycles. The van der Waals surface area contributed by atoms with Gasteiger partial charge in [-0.2, -0.15) is 0 Å². The lowest BCUT2D eigenvalue weighted by molar-refractivity contribution is 1.02. The van der Waals surface area contributed by atoms with E-state index >= 15 is 0 Å². The van der Waals surface area contributed by atoms with Gasteiger partial charge in [0, 0.05) is 17.9 Å². The molecule has 0 unspecified atom stereocenters. The molecule has 120 valence electrons. The van der Waals surface area contributed by atoms with Crippen LogP contribution in [-0.2, 0) is 6.42 Å². The van der Waals surface area contributed by atoms with Crippen molar-refractivity contribution in [2.24, 2.45) is 0 Å². The fourth-order valence-electron chi connectivity index (χ4n) is 3.11. The molecule has 3 heteroatoms. The maximum absolute atomic E-state index is 3.52. The lowest BCUT2D eigenvalue weighted by atomic mass is 10.1. The summed E-state index contributed by atoms with van der Waals surface area (Å²) >= 11 is 0. The summed E-state index contributed by atoms with van der Waals surface area (Å²) in [4.78, 5) is 2.29. The smallest absolute Gasteiger partial charge is 0.0926 e.